The molecule has 0 saturated heterocycles. The van der Waals surface area contributed by atoms with Crippen molar-refractivity contribution < 1.29 is 0 Å². The predicted octanol–water partition coefficient (Wildman–Crippen LogP) is 4.11. The maximum Gasteiger partial charge on any atom is 0.0302 e. The van der Waals surface area contributed by atoms with Crippen molar-refractivity contribution in [1.82, 2.24) is 4.98 Å². The zero-order chi connectivity index (χ0) is 10.6. The molecule has 1 aliphatic carbocycles. The van der Waals surface area contributed by atoms with Crippen LogP contribution < -0.4 is 0 Å². The number of pyridine rings is 1. The first kappa shape index (κ1) is 11.2. The number of hydrogen-bond donors (Lipinski definition) is 0. The van der Waals surface area contributed by atoms with Crippen LogP contribution in [0.5, 0.6) is 0 Å². The molecule has 14 heavy (non-hydrogen) atoms. The Morgan fingerprint density at radius 1 is 1.21 bits per heavy atom. The van der Waals surface area contributed by atoms with Gasteiger partial charge in [-0.1, -0.05) is 33.8 Å². The van der Waals surface area contributed by atoms with E-state index in [9.17, 15) is 0 Å². The van der Waals surface area contributed by atoms with Crippen molar-refractivity contribution >= 4 is 0 Å². The Morgan fingerprint density at radius 3 is 2.36 bits per heavy atom. The van der Waals surface area contributed by atoms with E-state index in [2.05, 4.69) is 24.9 Å². The maximum absolute atomic E-state index is 4.27. The first-order valence-electron chi connectivity index (χ1n) is 5.72. The van der Waals surface area contributed by atoms with Gasteiger partial charge in [-0.3, -0.25) is 4.98 Å². The number of nitrogens with zero attached hydrogens (tertiary/aromatic N) is 1. The van der Waals surface area contributed by atoms with E-state index in [-0.39, 0.29) is 0 Å². The minimum atomic E-state index is 0.608. The molecule has 0 N–H and O–H groups in total. The van der Waals surface area contributed by atoms with Gasteiger partial charge >= 0.3 is 0 Å². The topological polar surface area (TPSA) is 12.9 Å². The molecule has 0 amide bonds. The first-order chi connectivity index (χ1) is 6.77. The lowest BCUT2D eigenvalue weighted by Gasteiger charge is -2.05. The Hall–Kier alpha value is -0.850. The zero-order valence-electron chi connectivity index (χ0n) is 9.75. The molecule has 0 spiro atoms. The fourth-order valence-electron chi connectivity index (χ4n) is 1.43. The predicted molar refractivity (Wildman–Crippen MR) is 61.6 cm³/mol. The summed E-state index contributed by atoms with van der Waals surface area (Å²) in [6, 6.07) is 2.31. The summed E-state index contributed by atoms with van der Waals surface area (Å²) >= 11 is 0. The molecule has 1 saturated carbocycles. The summed E-state index contributed by atoms with van der Waals surface area (Å²) in [4.78, 5) is 4.27. The van der Waals surface area contributed by atoms with Crippen LogP contribution in [-0.4, -0.2) is 4.98 Å². The number of aromatic nitrogens is 1. The molecule has 1 nitrogen and oxygen atoms in total. The van der Waals surface area contributed by atoms with Gasteiger partial charge in [-0.25, -0.2) is 0 Å². The second-order valence-electron chi connectivity index (χ2n) is 3.98. The quantitative estimate of drug-likeness (QED) is 0.685. The SMILES string of the molecule is CC.CC(C)c1cncc(C2CC2)c1. The zero-order valence-corrected chi connectivity index (χ0v) is 9.75. The summed E-state index contributed by atoms with van der Waals surface area (Å²) in [6.45, 7) is 8.43. The standard InChI is InChI=1S/C11H15N.C2H6/c1-8(2)10-5-11(7-12-6-10)9-3-4-9;1-2/h5-9H,3-4H2,1-2H3;1-2H3. The van der Waals surface area contributed by atoms with Crippen LogP contribution in [0.3, 0.4) is 0 Å². The molecule has 0 radical (unpaired) electrons. The van der Waals surface area contributed by atoms with Gasteiger partial charge in [0.2, 0.25) is 0 Å². The maximum atomic E-state index is 4.27. The molecule has 1 aromatic heterocycles. The van der Waals surface area contributed by atoms with E-state index in [1.807, 2.05) is 26.2 Å². The Labute approximate surface area is 87.6 Å². The van der Waals surface area contributed by atoms with Crippen LogP contribution in [0.15, 0.2) is 18.5 Å². The molecule has 2 rings (SSSR count). The molecule has 0 bridgehead atoms. The fraction of sp³-hybridized carbons (Fsp3) is 0.615. The smallest absolute Gasteiger partial charge is 0.0302 e. The summed E-state index contributed by atoms with van der Waals surface area (Å²) in [5.41, 5.74) is 2.82. The van der Waals surface area contributed by atoms with E-state index < -0.39 is 0 Å². The molecule has 0 aromatic carbocycles. The molecule has 1 aliphatic rings. The molecule has 0 aliphatic heterocycles. The highest BCUT2D eigenvalue weighted by Crippen LogP contribution is 2.40. The van der Waals surface area contributed by atoms with Crippen LogP contribution in [0.1, 0.15) is 63.5 Å². The molecule has 1 aromatic rings. The second kappa shape index (κ2) is 5.14. The number of rotatable bonds is 2. The van der Waals surface area contributed by atoms with Crippen LogP contribution in [0, 0.1) is 0 Å². The molecule has 78 valence electrons. The van der Waals surface area contributed by atoms with Gasteiger partial charge in [0, 0.05) is 12.4 Å². The summed E-state index contributed by atoms with van der Waals surface area (Å²) in [5.74, 6) is 1.44. The first-order valence-corrected chi connectivity index (χ1v) is 5.72. The highest BCUT2D eigenvalue weighted by Gasteiger charge is 2.23. The average molecular weight is 191 g/mol. The number of hydrogen-bond acceptors (Lipinski definition) is 1. The molecule has 1 heterocycles. The van der Waals surface area contributed by atoms with Crippen molar-refractivity contribution in [2.45, 2.75) is 52.4 Å². The van der Waals surface area contributed by atoms with Crippen molar-refractivity contribution in [2.24, 2.45) is 0 Å². The third kappa shape index (κ3) is 2.83. The largest absolute Gasteiger partial charge is 0.264 e. The van der Waals surface area contributed by atoms with Crippen molar-refractivity contribution in [3.8, 4) is 0 Å². The van der Waals surface area contributed by atoms with Crippen LogP contribution in [0.4, 0.5) is 0 Å². The minimum Gasteiger partial charge on any atom is -0.264 e. The van der Waals surface area contributed by atoms with Crippen LogP contribution >= 0.6 is 0 Å². The van der Waals surface area contributed by atoms with Crippen molar-refractivity contribution in [1.29, 1.82) is 0 Å². The second-order valence-corrected chi connectivity index (χ2v) is 3.98. The molecule has 0 unspecified atom stereocenters. The van der Waals surface area contributed by atoms with Crippen molar-refractivity contribution in [2.75, 3.05) is 0 Å². The van der Waals surface area contributed by atoms with Crippen molar-refractivity contribution in [3.05, 3.63) is 29.6 Å². The molecule has 1 fully saturated rings. The molecular formula is C13H21N. The van der Waals surface area contributed by atoms with Crippen LogP contribution in [0.2, 0.25) is 0 Å². The van der Waals surface area contributed by atoms with Gasteiger partial charge in [-0.15, -0.1) is 0 Å². The molecule has 1 heteroatoms. The molecule has 0 atom stereocenters. The Kier molecular flexibility index (Phi) is 4.12. The van der Waals surface area contributed by atoms with Gasteiger partial charge in [0.05, 0.1) is 0 Å². The van der Waals surface area contributed by atoms with Crippen LogP contribution in [0.25, 0.3) is 0 Å². The van der Waals surface area contributed by atoms with Gasteiger partial charge in [0.15, 0.2) is 0 Å². The average Bonchev–Trinajstić information content (AvgIpc) is 3.04. The lowest BCUT2D eigenvalue weighted by atomic mass is 10.0. The van der Waals surface area contributed by atoms with Crippen molar-refractivity contribution in [3.63, 3.8) is 0 Å². The molecular weight excluding hydrogens is 170 g/mol. The summed E-state index contributed by atoms with van der Waals surface area (Å²) in [5, 5.41) is 0. The monoisotopic (exact) mass is 191 g/mol. The van der Waals surface area contributed by atoms with Gasteiger partial charge < -0.3 is 0 Å². The Balaban J connectivity index is 0.000000461. The fourth-order valence-corrected chi connectivity index (χ4v) is 1.43. The Morgan fingerprint density at radius 2 is 1.86 bits per heavy atom. The van der Waals surface area contributed by atoms with Gasteiger partial charge in [-0.05, 0) is 35.8 Å². The lowest BCUT2D eigenvalue weighted by Crippen LogP contribution is -1.91. The van der Waals surface area contributed by atoms with E-state index >= 15 is 0 Å². The Bertz CT molecular complexity index is 257. The summed E-state index contributed by atoms with van der Waals surface area (Å²) < 4.78 is 0. The third-order valence-electron chi connectivity index (χ3n) is 2.50. The minimum absolute atomic E-state index is 0.608. The summed E-state index contributed by atoms with van der Waals surface area (Å²) in [6.07, 6.45) is 6.73. The van der Waals surface area contributed by atoms with Crippen LogP contribution in [-0.2, 0) is 0 Å². The van der Waals surface area contributed by atoms with E-state index in [0.29, 0.717) is 5.92 Å². The van der Waals surface area contributed by atoms with Gasteiger partial charge in [0.1, 0.15) is 0 Å². The lowest BCUT2D eigenvalue weighted by molar-refractivity contribution is 0.851. The third-order valence-corrected chi connectivity index (χ3v) is 2.50. The van der Waals surface area contributed by atoms with Gasteiger partial charge in [0.25, 0.3) is 0 Å². The highest BCUT2D eigenvalue weighted by atomic mass is 14.6. The highest BCUT2D eigenvalue weighted by molar-refractivity contribution is 5.26. The van der Waals surface area contributed by atoms with E-state index in [0.717, 1.165) is 5.92 Å². The van der Waals surface area contributed by atoms with E-state index in [1.54, 1.807) is 0 Å². The summed E-state index contributed by atoms with van der Waals surface area (Å²) in [7, 11) is 0. The van der Waals surface area contributed by atoms with Gasteiger partial charge in [-0.2, -0.15) is 0 Å². The van der Waals surface area contributed by atoms with E-state index in [4.69, 9.17) is 0 Å². The van der Waals surface area contributed by atoms with E-state index in [1.165, 1.54) is 24.0 Å². The normalized spacial score (nSPS) is 14.9.